The van der Waals surface area contributed by atoms with Crippen molar-refractivity contribution in [1.82, 2.24) is 10.2 Å². The number of amides is 3. The van der Waals surface area contributed by atoms with E-state index in [9.17, 15) is 24.3 Å². The number of likely N-dealkylation sites (tertiary alicyclic amines) is 1. The molecule has 0 radical (unpaired) electrons. The molecule has 250 valence electrons. The minimum Gasteiger partial charge on any atom is -0.463 e. The summed E-state index contributed by atoms with van der Waals surface area (Å²) in [6.07, 6.45) is 4.10. The summed E-state index contributed by atoms with van der Waals surface area (Å²) in [6.45, 7) is 10.6. The number of benzene rings is 2. The smallest absolute Gasteiger partial charge is 0.306 e. The number of ether oxygens (including phenoxy) is 2. The molecule has 11 heteroatoms. The van der Waals surface area contributed by atoms with Gasteiger partial charge in [0.25, 0.3) is 5.91 Å². The van der Waals surface area contributed by atoms with E-state index in [0.29, 0.717) is 30.0 Å². The number of carbonyl (C=O) groups excluding carboxylic acids is 4. The molecule has 10 nitrogen and oxygen atoms in total. The number of hydrogen-bond donors (Lipinski definition) is 2. The number of carbonyl (C=O) groups is 4. The van der Waals surface area contributed by atoms with Gasteiger partial charge in [0.05, 0.1) is 47.3 Å². The second kappa shape index (κ2) is 14.4. The Labute approximate surface area is 280 Å². The molecule has 1 spiro atoms. The zero-order valence-corrected chi connectivity index (χ0v) is 27.5. The van der Waals surface area contributed by atoms with Crippen LogP contribution in [-0.2, 0) is 28.7 Å². The lowest BCUT2D eigenvalue weighted by atomic mass is 9.70. The number of aryl methyl sites for hydroxylation is 1. The average Bonchev–Trinajstić information content (AvgIpc) is 3.72. The third-order valence-corrected chi connectivity index (χ3v) is 9.84. The number of allylic oxidation sites excluding steroid dienone is 1. The van der Waals surface area contributed by atoms with Crippen molar-refractivity contribution in [2.45, 2.75) is 69.4 Å². The number of rotatable bonds is 14. The summed E-state index contributed by atoms with van der Waals surface area (Å²) < 4.78 is 12.1. The minimum absolute atomic E-state index is 0.101. The zero-order valence-electron chi connectivity index (χ0n) is 26.8. The SMILES string of the molecule is C=CCCC(=O)OC[C@@H](NC(=O)[C@@H]1[C@H]2C(=O)N([C@H](C)CO)[C@H](C(=O)N(CC=C)c3c(C)cccc3Cl)[C@]23CC[C@H]1O3)c1ccccc1. The van der Waals surface area contributed by atoms with E-state index in [1.165, 1.54) is 9.80 Å². The maximum atomic E-state index is 14.7. The van der Waals surface area contributed by atoms with Gasteiger partial charge in [0, 0.05) is 13.0 Å². The van der Waals surface area contributed by atoms with E-state index in [4.69, 9.17) is 21.1 Å². The van der Waals surface area contributed by atoms with Gasteiger partial charge in [0.15, 0.2) is 0 Å². The van der Waals surface area contributed by atoms with Crippen molar-refractivity contribution < 1.29 is 33.8 Å². The highest BCUT2D eigenvalue weighted by Gasteiger charge is 2.75. The second-order valence-corrected chi connectivity index (χ2v) is 12.9. The molecule has 2 aromatic carbocycles. The molecule has 2 N–H and O–H groups in total. The third-order valence-electron chi connectivity index (χ3n) is 9.53. The Hall–Kier alpha value is -3.99. The van der Waals surface area contributed by atoms with Crippen molar-refractivity contribution in [2.24, 2.45) is 11.8 Å². The van der Waals surface area contributed by atoms with Crippen molar-refractivity contribution >= 4 is 41.0 Å². The van der Waals surface area contributed by atoms with Gasteiger partial charge >= 0.3 is 5.97 Å². The van der Waals surface area contributed by atoms with Crippen LogP contribution in [0.5, 0.6) is 0 Å². The van der Waals surface area contributed by atoms with Crippen LogP contribution >= 0.6 is 11.6 Å². The lowest BCUT2D eigenvalue weighted by Gasteiger charge is -2.39. The summed E-state index contributed by atoms with van der Waals surface area (Å²) >= 11 is 6.62. The predicted octanol–water partition coefficient (Wildman–Crippen LogP) is 4.29. The Morgan fingerprint density at radius 3 is 2.60 bits per heavy atom. The first kappa shape index (κ1) is 34.3. The molecule has 2 aromatic rings. The monoisotopic (exact) mass is 663 g/mol. The number of aliphatic hydroxyl groups excluding tert-OH is 1. The Morgan fingerprint density at radius 2 is 1.94 bits per heavy atom. The molecular weight excluding hydrogens is 622 g/mol. The van der Waals surface area contributed by atoms with Crippen LogP contribution in [0.15, 0.2) is 73.8 Å². The molecule has 47 heavy (non-hydrogen) atoms. The Morgan fingerprint density at radius 1 is 1.19 bits per heavy atom. The highest BCUT2D eigenvalue weighted by Crippen LogP contribution is 2.59. The second-order valence-electron chi connectivity index (χ2n) is 12.5. The molecule has 3 amide bonds. The fourth-order valence-corrected chi connectivity index (χ4v) is 7.73. The zero-order chi connectivity index (χ0) is 33.9. The molecular formula is C36H42ClN3O7. The van der Waals surface area contributed by atoms with Gasteiger partial charge in [-0.1, -0.05) is 66.2 Å². The van der Waals surface area contributed by atoms with Crippen LogP contribution < -0.4 is 10.2 Å². The van der Waals surface area contributed by atoms with Crippen LogP contribution in [0.2, 0.25) is 5.02 Å². The van der Waals surface area contributed by atoms with Crippen LogP contribution in [0, 0.1) is 18.8 Å². The molecule has 3 saturated heterocycles. The number of para-hydroxylation sites is 1. The van der Waals surface area contributed by atoms with Crippen LogP contribution in [0.25, 0.3) is 0 Å². The van der Waals surface area contributed by atoms with Crippen molar-refractivity contribution in [1.29, 1.82) is 0 Å². The van der Waals surface area contributed by atoms with Gasteiger partial charge in [0.1, 0.15) is 18.2 Å². The molecule has 0 saturated carbocycles. The van der Waals surface area contributed by atoms with Crippen molar-refractivity contribution in [3.8, 4) is 0 Å². The molecule has 0 aromatic heterocycles. The van der Waals surface area contributed by atoms with Gasteiger partial charge in [-0.15, -0.1) is 13.2 Å². The highest BCUT2D eigenvalue weighted by molar-refractivity contribution is 6.34. The summed E-state index contributed by atoms with van der Waals surface area (Å²) in [4.78, 5) is 58.5. The van der Waals surface area contributed by atoms with E-state index in [1.807, 2.05) is 43.3 Å². The molecule has 3 aliphatic heterocycles. The Bertz CT molecular complexity index is 1510. The number of hydrogen-bond acceptors (Lipinski definition) is 7. The Balaban J connectivity index is 1.48. The van der Waals surface area contributed by atoms with Crippen LogP contribution in [0.4, 0.5) is 5.69 Å². The maximum absolute atomic E-state index is 14.7. The molecule has 3 aliphatic rings. The van der Waals surface area contributed by atoms with Gasteiger partial charge < -0.3 is 29.7 Å². The lowest BCUT2D eigenvalue weighted by Crippen LogP contribution is -2.58. The fourth-order valence-electron chi connectivity index (χ4n) is 7.41. The van der Waals surface area contributed by atoms with Crippen molar-refractivity contribution in [3.63, 3.8) is 0 Å². The van der Waals surface area contributed by atoms with Crippen LogP contribution in [0.3, 0.4) is 0 Å². The Kier molecular flexibility index (Phi) is 10.5. The molecule has 0 aliphatic carbocycles. The summed E-state index contributed by atoms with van der Waals surface area (Å²) in [5.41, 5.74) is 0.697. The van der Waals surface area contributed by atoms with Gasteiger partial charge in [-0.05, 0) is 50.3 Å². The van der Waals surface area contributed by atoms with Gasteiger partial charge in [0.2, 0.25) is 11.8 Å². The molecule has 5 rings (SSSR count). The van der Waals surface area contributed by atoms with Crippen molar-refractivity contribution in [2.75, 3.05) is 24.7 Å². The third kappa shape index (κ3) is 6.34. The van der Waals surface area contributed by atoms with E-state index in [-0.39, 0.29) is 19.6 Å². The number of esters is 1. The summed E-state index contributed by atoms with van der Waals surface area (Å²) in [5, 5.41) is 13.6. The van der Waals surface area contributed by atoms with Crippen LogP contribution in [-0.4, -0.2) is 77.2 Å². The molecule has 0 unspecified atom stereocenters. The quantitative estimate of drug-likeness (QED) is 0.228. The maximum Gasteiger partial charge on any atom is 0.306 e. The standard InChI is InChI=1S/C36H42ClN3O7/c1-5-7-16-28(42)46-21-26(24-13-9-8-10-14-24)38-33(43)29-27-17-18-36(47-27)30(29)34(44)40(23(4)20-41)32(36)35(45)39(19-6-2)31-22(3)12-11-15-25(31)37/h5-6,8-15,23,26-27,29-30,32,41H,1-2,7,16-21H2,3-4H3,(H,38,43)/t23-,26-,27-,29+,30+,32-,36+/m1/s1. The predicted molar refractivity (Wildman–Crippen MR) is 177 cm³/mol. The fraction of sp³-hybridized carbons (Fsp3) is 0.444. The number of anilines is 1. The van der Waals surface area contributed by atoms with E-state index in [2.05, 4.69) is 18.5 Å². The van der Waals surface area contributed by atoms with E-state index in [0.717, 1.165) is 11.1 Å². The molecule has 3 heterocycles. The van der Waals surface area contributed by atoms with Crippen molar-refractivity contribution in [3.05, 3.63) is 90.0 Å². The molecule has 2 bridgehead atoms. The molecule has 3 fully saturated rings. The number of nitrogens with zero attached hydrogens (tertiary/aromatic N) is 2. The lowest BCUT2D eigenvalue weighted by molar-refractivity contribution is -0.146. The molecule has 7 atom stereocenters. The number of aliphatic hydroxyl groups is 1. The topological polar surface area (TPSA) is 125 Å². The number of fused-ring (bicyclic) bond motifs is 1. The number of nitrogens with one attached hydrogen (secondary N) is 1. The first-order chi connectivity index (χ1) is 22.6. The minimum atomic E-state index is -1.29. The van der Waals surface area contributed by atoms with Gasteiger partial charge in [-0.3, -0.25) is 19.2 Å². The van der Waals surface area contributed by atoms with Gasteiger partial charge in [-0.2, -0.15) is 0 Å². The van der Waals surface area contributed by atoms with Crippen LogP contribution in [0.1, 0.15) is 49.8 Å². The summed E-state index contributed by atoms with van der Waals surface area (Å²) in [6, 6.07) is 12.0. The average molecular weight is 664 g/mol. The van der Waals surface area contributed by atoms with E-state index < -0.39 is 72.0 Å². The summed E-state index contributed by atoms with van der Waals surface area (Å²) in [5.74, 6) is -3.56. The first-order valence-electron chi connectivity index (χ1n) is 16.0. The van der Waals surface area contributed by atoms with E-state index in [1.54, 1.807) is 31.2 Å². The number of halogens is 1. The largest absolute Gasteiger partial charge is 0.463 e. The van der Waals surface area contributed by atoms with Gasteiger partial charge in [-0.25, -0.2) is 0 Å². The highest BCUT2D eigenvalue weighted by atomic mass is 35.5. The normalized spacial score (nSPS) is 25.5. The summed E-state index contributed by atoms with van der Waals surface area (Å²) in [7, 11) is 0. The first-order valence-corrected chi connectivity index (χ1v) is 16.4. The van der Waals surface area contributed by atoms with E-state index >= 15 is 0 Å².